The van der Waals surface area contributed by atoms with Gasteiger partial charge < -0.3 is 16.2 Å². The van der Waals surface area contributed by atoms with Gasteiger partial charge in [-0.1, -0.05) is 33.6 Å². The second kappa shape index (κ2) is 5.15. The van der Waals surface area contributed by atoms with E-state index in [1.165, 1.54) is 0 Å². The van der Waals surface area contributed by atoms with Crippen molar-refractivity contribution in [1.82, 2.24) is 5.32 Å². The molecule has 1 saturated carbocycles. The highest BCUT2D eigenvalue weighted by Gasteiger charge is 2.31. The standard InChI is InChI=1S/C12H24N2O2/c1-12(2,3)10(13)11(16)14-8-6-4-5-7-9(8)15/h8-10,15H,4-7,13H2,1-3H3,(H,14,16)/t8?,9?,10-/m1/s1. The van der Waals surface area contributed by atoms with Crippen LogP contribution in [0.1, 0.15) is 46.5 Å². The molecule has 0 aromatic heterocycles. The Morgan fingerprint density at radius 1 is 1.38 bits per heavy atom. The minimum atomic E-state index is -0.526. The van der Waals surface area contributed by atoms with Gasteiger partial charge in [0.15, 0.2) is 0 Å². The first-order valence-corrected chi connectivity index (χ1v) is 6.06. The SMILES string of the molecule is CC(C)(C)[C@H](N)C(=O)NC1CCCCC1O. The lowest BCUT2D eigenvalue weighted by atomic mass is 9.86. The molecule has 94 valence electrons. The summed E-state index contributed by atoms with van der Waals surface area (Å²) in [7, 11) is 0. The molecule has 0 bridgehead atoms. The summed E-state index contributed by atoms with van der Waals surface area (Å²) in [6.07, 6.45) is 3.32. The van der Waals surface area contributed by atoms with Gasteiger partial charge in [-0.05, 0) is 18.3 Å². The molecule has 1 aliphatic carbocycles. The maximum Gasteiger partial charge on any atom is 0.237 e. The average molecular weight is 228 g/mol. The van der Waals surface area contributed by atoms with Gasteiger partial charge in [0.05, 0.1) is 18.2 Å². The molecule has 1 amide bonds. The molecular formula is C12H24N2O2. The van der Waals surface area contributed by atoms with Crippen LogP contribution < -0.4 is 11.1 Å². The normalized spacial score (nSPS) is 28.6. The molecule has 1 aliphatic rings. The number of nitrogens with one attached hydrogen (secondary N) is 1. The molecule has 0 aromatic carbocycles. The highest BCUT2D eigenvalue weighted by Crippen LogP contribution is 2.21. The van der Waals surface area contributed by atoms with Gasteiger partial charge in [-0.3, -0.25) is 4.79 Å². The Morgan fingerprint density at radius 3 is 2.44 bits per heavy atom. The van der Waals surface area contributed by atoms with Crippen LogP contribution in [-0.4, -0.2) is 29.2 Å². The van der Waals surface area contributed by atoms with Gasteiger partial charge in [0.2, 0.25) is 5.91 Å². The number of aliphatic hydroxyl groups is 1. The highest BCUT2D eigenvalue weighted by atomic mass is 16.3. The van der Waals surface area contributed by atoms with E-state index in [1.807, 2.05) is 20.8 Å². The van der Waals surface area contributed by atoms with Crippen molar-refractivity contribution in [2.45, 2.75) is 64.6 Å². The molecule has 2 unspecified atom stereocenters. The third-order valence-electron chi connectivity index (χ3n) is 3.27. The van der Waals surface area contributed by atoms with Gasteiger partial charge in [-0.15, -0.1) is 0 Å². The molecule has 0 radical (unpaired) electrons. The molecule has 4 heteroatoms. The molecule has 1 rings (SSSR count). The van der Waals surface area contributed by atoms with Crippen LogP contribution in [0.5, 0.6) is 0 Å². The lowest BCUT2D eigenvalue weighted by Crippen LogP contribution is -2.54. The van der Waals surface area contributed by atoms with E-state index in [-0.39, 0.29) is 17.4 Å². The van der Waals surface area contributed by atoms with Crippen LogP contribution in [0.15, 0.2) is 0 Å². The Hall–Kier alpha value is -0.610. The molecule has 4 nitrogen and oxygen atoms in total. The molecule has 0 spiro atoms. The van der Waals surface area contributed by atoms with Gasteiger partial charge in [0, 0.05) is 0 Å². The first-order chi connectivity index (χ1) is 7.32. The average Bonchev–Trinajstić information content (AvgIpc) is 2.19. The van der Waals surface area contributed by atoms with E-state index in [4.69, 9.17) is 5.73 Å². The molecule has 0 aromatic rings. The smallest absolute Gasteiger partial charge is 0.237 e. The van der Waals surface area contributed by atoms with Crippen LogP contribution in [0.2, 0.25) is 0 Å². The molecule has 0 heterocycles. The summed E-state index contributed by atoms with van der Waals surface area (Å²) >= 11 is 0. The second-order valence-corrected chi connectivity index (χ2v) is 5.81. The van der Waals surface area contributed by atoms with Gasteiger partial charge in [-0.25, -0.2) is 0 Å². The van der Waals surface area contributed by atoms with Crippen molar-refractivity contribution in [3.05, 3.63) is 0 Å². The third-order valence-corrected chi connectivity index (χ3v) is 3.27. The predicted molar refractivity (Wildman–Crippen MR) is 63.8 cm³/mol. The van der Waals surface area contributed by atoms with Crippen molar-refractivity contribution in [2.75, 3.05) is 0 Å². The summed E-state index contributed by atoms with van der Waals surface area (Å²) in [4.78, 5) is 11.9. The van der Waals surface area contributed by atoms with Crippen LogP contribution in [0.3, 0.4) is 0 Å². The van der Waals surface area contributed by atoms with Crippen molar-refractivity contribution in [1.29, 1.82) is 0 Å². The van der Waals surface area contributed by atoms with E-state index in [2.05, 4.69) is 5.32 Å². The zero-order valence-electron chi connectivity index (χ0n) is 10.5. The Bertz CT molecular complexity index is 248. The van der Waals surface area contributed by atoms with Crippen molar-refractivity contribution < 1.29 is 9.90 Å². The number of amides is 1. The monoisotopic (exact) mass is 228 g/mol. The molecule has 1 fully saturated rings. The van der Waals surface area contributed by atoms with Crippen molar-refractivity contribution in [3.8, 4) is 0 Å². The first kappa shape index (κ1) is 13.5. The lowest BCUT2D eigenvalue weighted by Gasteiger charge is -2.32. The summed E-state index contributed by atoms with van der Waals surface area (Å²) in [6, 6.07) is -0.642. The summed E-state index contributed by atoms with van der Waals surface area (Å²) in [5, 5.41) is 12.6. The minimum absolute atomic E-state index is 0.116. The molecule has 4 N–H and O–H groups in total. The van der Waals surface area contributed by atoms with Crippen LogP contribution in [-0.2, 0) is 4.79 Å². The number of aliphatic hydroxyl groups excluding tert-OH is 1. The number of nitrogens with two attached hydrogens (primary N) is 1. The number of carbonyl (C=O) groups excluding carboxylic acids is 1. The molecule has 0 saturated heterocycles. The van der Waals surface area contributed by atoms with Crippen molar-refractivity contribution in [2.24, 2.45) is 11.1 Å². The Kier molecular flexibility index (Phi) is 4.33. The van der Waals surface area contributed by atoms with Gasteiger partial charge in [0.1, 0.15) is 0 Å². The largest absolute Gasteiger partial charge is 0.391 e. The van der Waals surface area contributed by atoms with E-state index in [0.29, 0.717) is 0 Å². The number of carbonyl (C=O) groups is 1. The quantitative estimate of drug-likeness (QED) is 0.654. The number of hydrogen-bond donors (Lipinski definition) is 3. The fourth-order valence-corrected chi connectivity index (χ4v) is 1.95. The highest BCUT2D eigenvalue weighted by molar-refractivity contribution is 5.82. The molecule has 3 atom stereocenters. The third kappa shape index (κ3) is 3.46. The summed E-state index contributed by atoms with van der Waals surface area (Å²) < 4.78 is 0. The van der Waals surface area contributed by atoms with Crippen LogP contribution >= 0.6 is 0 Å². The maximum absolute atomic E-state index is 11.9. The summed E-state index contributed by atoms with van der Waals surface area (Å²) in [6.45, 7) is 5.82. The fraction of sp³-hybridized carbons (Fsp3) is 0.917. The molecular weight excluding hydrogens is 204 g/mol. The van der Waals surface area contributed by atoms with Gasteiger partial charge in [-0.2, -0.15) is 0 Å². The summed E-state index contributed by atoms with van der Waals surface area (Å²) in [5.41, 5.74) is 5.62. The van der Waals surface area contributed by atoms with Gasteiger partial charge in [0.25, 0.3) is 0 Å². The second-order valence-electron chi connectivity index (χ2n) is 5.81. The Morgan fingerprint density at radius 2 is 1.94 bits per heavy atom. The fourth-order valence-electron chi connectivity index (χ4n) is 1.95. The van der Waals surface area contributed by atoms with E-state index in [0.717, 1.165) is 25.7 Å². The van der Waals surface area contributed by atoms with E-state index < -0.39 is 12.1 Å². The van der Waals surface area contributed by atoms with Crippen LogP contribution in [0.25, 0.3) is 0 Å². The van der Waals surface area contributed by atoms with E-state index in [9.17, 15) is 9.90 Å². The maximum atomic E-state index is 11.9. The summed E-state index contributed by atoms with van der Waals surface area (Å²) in [5.74, 6) is -0.154. The Labute approximate surface area is 97.6 Å². The van der Waals surface area contributed by atoms with Crippen LogP contribution in [0.4, 0.5) is 0 Å². The number of hydrogen-bond acceptors (Lipinski definition) is 3. The number of rotatable bonds is 2. The Balaban J connectivity index is 2.50. The first-order valence-electron chi connectivity index (χ1n) is 6.06. The topological polar surface area (TPSA) is 75.4 Å². The zero-order valence-corrected chi connectivity index (χ0v) is 10.5. The van der Waals surface area contributed by atoms with Crippen LogP contribution in [0, 0.1) is 5.41 Å². The van der Waals surface area contributed by atoms with E-state index in [1.54, 1.807) is 0 Å². The lowest BCUT2D eigenvalue weighted by molar-refractivity contribution is -0.126. The van der Waals surface area contributed by atoms with Crippen molar-refractivity contribution >= 4 is 5.91 Å². The van der Waals surface area contributed by atoms with E-state index >= 15 is 0 Å². The predicted octanol–water partition coefficient (Wildman–Crippen LogP) is 0.779. The molecule has 0 aliphatic heterocycles. The zero-order chi connectivity index (χ0) is 12.3. The minimum Gasteiger partial charge on any atom is -0.391 e. The molecule has 16 heavy (non-hydrogen) atoms. The van der Waals surface area contributed by atoms with Gasteiger partial charge >= 0.3 is 0 Å². The van der Waals surface area contributed by atoms with Crippen molar-refractivity contribution in [3.63, 3.8) is 0 Å².